The number of fused-ring (bicyclic) bond motifs is 2. The molecule has 3 rings (SSSR count). The fourth-order valence-electron chi connectivity index (χ4n) is 2.00. The fourth-order valence-corrected chi connectivity index (χ4v) is 3.07. The molecular weight excluding hydrogens is 301 g/mol. The number of rotatable bonds is 2. The van der Waals surface area contributed by atoms with Crippen LogP contribution in [0.1, 0.15) is 0 Å². The van der Waals surface area contributed by atoms with Crippen molar-refractivity contribution in [2.75, 3.05) is 5.32 Å². The van der Waals surface area contributed by atoms with Crippen LogP contribution in [0.25, 0.3) is 0 Å². The zero-order chi connectivity index (χ0) is 15.1. The summed E-state index contributed by atoms with van der Waals surface area (Å²) in [5.41, 5.74) is -0.643. The minimum absolute atomic E-state index is 0.0631. The Balaban J connectivity index is 2.21. The maximum Gasteiger partial charge on any atom is 0.300 e. The lowest BCUT2D eigenvalue weighted by atomic mass is 10.2. The Morgan fingerprint density at radius 3 is 2.48 bits per heavy atom. The van der Waals surface area contributed by atoms with Crippen molar-refractivity contribution >= 4 is 34.5 Å². The highest BCUT2D eigenvalue weighted by molar-refractivity contribution is 7.99. The van der Waals surface area contributed by atoms with Crippen molar-refractivity contribution in [2.45, 2.75) is 9.79 Å². The van der Waals surface area contributed by atoms with Crippen molar-refractivity contribution in [3.63, 3.8) is 0 Å². The summed E-state index contributed by atoms with van der Waals surface area (Å²) in [6, 6.07) is 6.45. The van der Waals surface area contributed by atoms with E-state index in [0.717, 1.165) is 17.8 Å². The number of para-hydroxylation sites is 1. The van der Waals surface area contributed by atoms with Gasteiger partial charge in [0, 0.05) is 15.9 Å². The Bertz CT molecular complexity index is 796. The molecule has 21 heavy (non-hydrogen) atoms. The first-order chi connectivity index (χ1) is 9.97. The van der Waals surface area contributed by atoms with Crippen LogP contribution in [-0.4, -0.2) is 9.85 Å². The molecule has 0 aromatic heterocycles. The molecule has 1 aliphatic rings. The fraction of sp³-hybridized carbons (Fsp3) is 0. The quantitative estimate of drug-likeness (QED) is 0.570. The molecule has 0 atom stereocenters. The normalized spacial score (nSPS) is 12.0. The Hall–Kier alpha value is -2.68. The summed E-state index contributed by atoms with van der Waals surface area (Å²) < 4.78 is 13.8. The molecule has 0 bridgehead atoms. The molecule has 2 aromatic rings. The number of anilines is 2. The highest BCUT2D eigenvalue weighted by atomic mass is 32.2. The summed E-state index contributed by atoms with van der Waals surface area (Å²) in [6.45, 7) is 0. The molecule has 0 spiro atoms. The highest BCUT2D eigenvalue weighted by Gasteiger charge is 2.29. The van der Waals surface area contributed by atoms with Crippen molar-refractivity contribution in [1.82, 2.24) is 0 Å². The lowest BCUT2D eigenvalue weighted by Gasteiger charge is -2.20. The van der Waals surface area contributed by atoms with Crippen LogP contribution in [0.3, 0.4) is 0 Å². The monoisotopic (exact) mass is 307 g/mol. The van der Waals surface area contributed by atoms with Gasteiger partial charge in [-0.1, -0.05) is 17.8 Å². The molecule has 1 aliphatic heterocycles. The molecule has 0 saturated heterocycles. The number of nitrogens with one attached hydrogen (secondary N) is 1. The van der Waals surface area contributed by atoms with Gasteiger partial charge in [0.15, 0.2) is 0 Å². The van der Waals surface area contributed by atoms with Crippen LogP contribution in [0.5, 0.6) is 0 Å². The lowest BCUT2D eigenvalue weighted by molar-refractivity contribution is -0.393. The van der Waals surface area contributed by atoms with Gasteiger partial charge in [-0.3, -0.25) is 20.2 Å². The van der Waals surface area contributed by atoms with Crippen molar-refractivity contribution in [1.29, 1.82) is 0 Å². The van der Waals surface area contributed by atoms with Crippen LogP contribution in [-0.2, 0) is 0 Å². The first-order valence-corrected chi connectivity index (χ1v) is 6.49. The molecule has 1 heterocycles. The first-order valence-electron chi connectivity index (χ1n) is 5.67. The average Bonchev–Trinajstić information content (AvgIpc) is 2.44. The number of hydrogen-bond acceptors (Lipinski definition) is 6. The zero-order valence-electron chi connectivity index (χ0n) is 10.2. The van der Waals surface area contributed by atoms with E-state index in [4.69, 9.17) is 0 Å². The van der Waals surface area contributed by atoms with Crippen LogP contribution in [0.15, 0.2) is 40.1 Å². The summed E-state index contributed by atoms with van der Waals surface area (Å²) in [4.78, 5) is 21.3. The number of nitrogens with zero attached hydrogens (tertiary/aromatic N) is 2. The van der Waals surface area contributed by atoms with E-state index in [1.165, 1.54) is 18.2 Å². The Morgan fingerprint density at radius 1 is 1.05 bits per heavy atom. The first kappa shape index (κ1) is 13.3. The Kier molecular flexibility index (Phi) is 2.98. The van der Waals surface area contributed by atoms with Gasteiger partial charge < -0.3 is 5.32 Å². The predicted octanol–water partition coefficient (Wildman–Crippen LogP) is 3.85. The molecular formula is C12H6FN3O4S. The SMILES string of the molecule is O=[N+]([O-])c1cc2c(c([N+](=O)[O-])c1)Nc1c(F)cccc1S2. The van der Waals surface area contributed by atoms with Crippen molar-refractivity contribution in [3.05, 3.63) is 56.4 Å². The molecule has 0 saturated carbocycles. The second kappa shape index (κ2) is 4.70. The topological polar surface area (TPSA) is 98.3 Å². The van der Waals surface area contributed by atoms with Crippen molar-refractivity contribution in [3.8, 4) is 0 Å². The van der Waals surface area contributed by atoms with E-state index in [1.54, 1.807) is 6.07 Å². The molecule has 7 nitrogen and oxygen atoms in total. The summed E-state index contributed by atoms with van der Waals surface area (Å²) >= 11 is 1.05. The van der Waals surface area contributed by atoms with Crippen molar-refractivity contribution < 1.29 is 14.2 Å². The molecule has 0 unspecified atom stereocenters. The van der Waals surface area contributed by atoms with Crippen LogP contribution < -0.4 is 5.32 Å². The third-order valence-electron chi connectivity index (χ3n) is 2.92. The largest absolute Gasteiger partial charge is 0.346 e. The zero-order valence-corrected chi connectivity index (χ0v) is 11.0. The van der Waals surface area contributed by atoms with E-state index < -0.39 is 21.4 Å². The number of non-ortho nitro benzene ring substituents is 1. The van der Waals surface area contributed by atoms with Crippen LogP contribution >= 0.6 is 11.8 Å². The van der Waals surface area contributed by atoms with Gasteiger partial charge in [-0.2, -0.15) is 0 Å². The number of nitro groups is 2. The van der Waals surface area contributed by atoms with E-state index in [0.29, 0.717) is 9.79 Å². The molecule has 0 aliphatic carbocycles. The molecule has 0 fully saturated rings. The second-order valence-corrected chi connectivity index (χ2v) is 5.28. The number of benzene rings is 2. The van der Waals surface area contributed by atoms with Gasteiger partial charge in [0.1, 0.15) is 11.5 Å². The molecule has 9 heteroatoms. The summed E-state index contributed by atoms with van der Waals surface area (Å²) in [5.74, 6) is -0.543. The van der Waals surface area contributed by atoms with Crippen molar-refractivity contribution in [2.24, 2.45) is 0 Å². The average molecular weight is 307 g/mol. The summed E-state index contributed by atoms with van der Waals surface area (Å²) in [5, 5.41) is 24.6. The van der Waals surface area contributed by atoms with E-state index in [2.05, 4.69) is 5.32 Å². The third-order valence-corrected chi connectivity index (χ3v) is 4.02. The van der Waals surface area contributed by atoms with E-state index >= 15 is 0 Å². The summed E-state index contributed by atoms with van der Waals surface area (Å²) in [6.07, 6.45) is 0. The van der Waals surface area contributed by atoms with E-state index in [-0.39, 0.29) is 17.1 Å². The highest BCUT2D eigenvalue weighted by Crippen LogP contribution is 2.49. The lowest BCUT2D eigenvalue weighted by Crippen LogP contribution is -2.06. The summed E-state index contributed by atoms with van der Waals surface area (Å²) in [7, 11) is 0. The van der Waals surface area contributed by atoms with Gasteiger partial charge in [0.2, 0.25) is 0 Å². The van der Waals surface area contributed by atoms with Gasteiger partial charge in [-0.15, -0.1) is 0 Å². The second-order valence-electron chi connectivity index (χ2n) is 4.19. The standard InChI is InChI=1S/C12H6FN3O4S/c13-7-2-1-3-9-11(7)14-12-8(16(19)20)4-6(15(17)18)5-10(12)21-9/h1-5,14H. The number of nitro benzene ring substituents is 2. The van der Waals surface area contributed by atoms with Gasteiger partial charge in [0.25, 0.3) is 5.69 Å². The maximum absolute atomic E-state index is 13.8. The van der Waals surface area contributed by atoms with E-state index in [1.807, 2.05) is 0 Å². The predicted molar refractivity (Wildman–Crippen MR) is 73.6 cm³/mol. The molecule has 106 valence electrons. The minimum atomic E-state index is -0.731. The molecule has 0 amide bonds. The Morgan fingerprint density at radius 2 is 1.81 bits per heavy atom. The van der Waals surface area contributed by atoms with Crippen LogP contribution in [0.4, 0.5) is 27.1 Å². The molecule has 2 aromatic carbocycles. The minimum Gasteiger partial charge on any atom is -0.346 e. The number of hydrogen-bond donors (Lipinski definition) is 1. The van der Waals surface area contributed by atoms with Gasteiger partial charge in [-0.25, -0.2) is 4.39 Å². The van der Waals surface area contributed by atoms with Crippen LogP contribution in [0.2, 0.25) is 0 Å². The van der Waals surface area contributed by atoms with Gasteiger partial charge in [-0.05, 0) is 12.1 Å². The van der Waals surface area contributed by atoms with E-state index in [9.17, 15) is 24.6 Å². The maximum atomic E-state index is 13.8. The third kappa shape index (κ3) is 2.17. The Labute approximate surface area is 121 Å². The smallest absolute Gasteiger partial charge is 0.300 e. The molecule has 0 radical (unpaired) electrons. The number of halogens is 1. The van der Waals surface area contributed by atoms with Gasteiger partial charge in [0.05, 0.1) is 21.6 Å². The van der Waals surface area contributed by atoms with Crippen LogP contribution in [0, 0.1) is 26.0 Å². The molecule has 1 N–H and O–H groups in total. The van der Waals surface area contributed by atoms with Gasteiger partial charge >= 0.3 is 5.69 Å².